The minimum absolute atomic E-state index is 0.0146. The van der Waals surface area contributed by atoms with E-state index in [-0.39, 0.29) is 5.38 Å². The number of alkyl halides is 1. The predicted octanol–water partition coefficient (Wildman–Crippen LogP) is 4.98. The van der Waals surface area contributed by atoms with Gasteiger partial charge in [-0.3, -0.25) is 0 Å². The molecule has 0 bridgehead atoms. The first-order chi connectivity index (χ1) is 8.61. The van der Waals surface area contributed by atoms with E-state index in [2.05, 4.69) is 39.0 Å². The van der Waals surface area contributed by atoms with Gasteiger partial charge >= 0.3 is 0 Å². The molecule has 0 N–H and O–H groups in total. The Balaban J connectivity index is 2.21. The van der Waals surface area contributed by atoms with E-state index in [1.165, 1.54) is 16.7 Å². The third kappa shape index (κ3) is 2.78. The van der Waals surface area contributed by atoms with Crippen LogP contribution in [0.5, 0.6) is 0 Å². The van der Waals surface area contributed by atoms with Crippen LogP contribution < -0.4 is 0 Å². The first-order valence-electron chi connectivity index (χ1n) is 6.38. The zero-order chi connectivity index (χ0) is 13.1. The van der Waals surface area contributed by atoms with Crippen molar-refractivity contribution < 1.29 is 4.42 Å². The highest BCUT2D eigenvalue weighted by Crippen LogP contribution is 2.30. The van der Waals surface area contributed by atoms with Gasteiger partial charge in [0.1, 0.15) is 5.76 Å². The molecule has 1 atom stereocenters. The van der Waals surface area contributed by atoms with Crippen LogP contribution in [-0.2, 0) is 12.8 Å². The maximum absolute atomic E-state index is 6.53. The molecule has 1 unspecified atom stereocenters. The standard InChI is InChI=1S/C16H19ClO/c1-4-16-14(7-8-18-16)15(17)10-13-9-11(2)5-6-12(13)3/h5-9,15H,4,10H2,1-3H3. The summed E-state index contributed by atoms with van der Waals surface area (Å²) in [6, 6.07) is 8.50. The molecular weight excluding hydrogens is 244 g/mol. The second kappa shape index (κ2) is 5.62. The van der Waals surface area contributed by atoms with Crippen molar-refractivity contribution in [1.82, 2.24) is 0 Å². The van der Waals surface area contributed by atoms with Gasteiger partial charge in [-0.25, -0.2) is 0 Å². The van der Waals surface area contributed by atoms with Gasteiger partial charge in [0.05, 0.1) is 11.6 Å². The van der Waals surface area contributed by atoms with Crippen molar-refractivity contribution in [3.05, 3.63) is 58.5 Å². The summed E-state index contributed by atoms with van der Waals surface area (Å²) in [7, 11) is 0. The summed E-state index contributed by atoms with van der Waals surface area (Å²) in [4.78, 5) is 0. The number of hydrogen-bond donors (Lipinski definition) is 0. The highest BCUT2D eigenvalue weighted by molar-refractivity contribution is 6.21. The van der Waals surface area contributed by atoms with Crippen LogP contribution >= 0.6 is 11.6 Å². The van der Waals surface area contributed by atoms with Crippen molar-refractivity contribution in [3.8, 4) is 0 Å². The molecule has 1 aromatic carbocycles. The van der Waals surface area contributed by atoms with Crippen LogP contribution in [0.25, 0.3) is 0 Å². The van der Waals surface area contributed by atoms with Gasteiger partial charge in [0.15, 0.2) is 0 Å². The fourth-order valence-corrected chi connectivity index (χ4v) is 2.60. The van der Waals surface area contributed by atoms with Crippen LogP contribution in [0.2, 0.25) is 0 Å². The van der Waals surface area contributed by atoms with Crippen LogP contribution in [0.15, 0.2) is 34.9 Å². The molecule has 1 nitrogen and oxygen atoms in total. The van der Waals surface area contributed by atoms with Gasteiger partial charge in [0.2, 0.25) is 0 Å². The van der Waals surface area contributed by atoms with E-state index in [0.717, 1.165) is 24.2 Å². The van der Waals surface area contributed by atoms with Crippen LogP contribution in [0.1, 0.15) is 40.3 Å². The summed E-state index contributed by atoms with van der Waals surface area (Å²) < 4.78 is 5.44. The quantitative estimate of drug-likeness (QED) is 0.708. The topological polar surface area (TPSA) is 13.1 Å². The Morgan fingerprint density at radius 1 is 1.22 bits per heavy atom. The lowest BCUT2D eigenvalue weighted by atomic mass is 9.98. The van der Waals surface area contributed by atoms with Gasteiger partial charge in [-0.2, -0.15) is 0 Å². The zero-order valence-corrected chi connectivity index (χ0v) is 11.9. The third-order valence-electron chi connectivity index (χ3n) is 3.34. The molecule has 0 fully saturated rings. The van der Waals surface area contributed by atoms with Crippen molar-refractivity contribution in [2.75, 3.05) is 0 Å². The molecule has 18 heavy (non-hydrogen) atoms. The lowest BCUT2D eigenvalue weighted by Gasteiger charge is -2.12. The van der Waals surface area contributed by atoms with E-state index in [4.69, 9.17) is 16.0 Å². The first-order valence-corrected chi connectivity index (χ1v) is 6.82. The van der Waals surface area contributed by atoms with E-state index in [9.17, 15) is 0 Å². The normalized spacial score (nSPS) is 12.7. The SMILES string of the molecule is CCc1occc1C(Cl)Cc1cc(C)ccc1C. The minimum Gasteiger partial charge on any atom is -0.469 e. The highest BCUT2D eigenvalue weighted by Gasteiger charge is 2.16. The smallest absolute Gasteiger partial charge is 0.108 e. The molecule has 0 saturated carbocycles. The summed E-state index contributed by atoms with van der Waals surface area (Å²) in [6.07, 6.45) is 3.46. The van der Waals surface area contributed by atoms with E-state index < -0.39 is 0 Å². The minimum atomic E-state index is -0.0146. The molecule has 0 aliphatic rings. The molecule has 1 aromatic heterocycles. The second-order valence-corrected chi connectivity index (χ2v) is 5.28. The van der Waals surface area contributed by atoms with Crippen molar-refractivity contribution >= 4 is 11.6 Å². The highest BCUT2D eigenvalue weighted by atomic mass is 35.5. The van der Waals surface area contributed by atoms with Gasteiger partial charge < -0.3 is 4.42 Å². The number of rotatable bonds is 4. The molecule has 0 aliphatic heterocycles. The number of furan rings is 1. The van der Waals surface area contributed by atoms with E-state index >= 15 is 0 Å². The molecule has 2 heteroatoms. The Labute approximate surface area is 114 Å². The molecule has 0 radical (unpaired) electrons. The Hall–Kier alpha value is -1.21. The van der Waals surface area contributed by atoms with Crippen LogP contribution in [0.3, 0.4) is 0 Å². The lowest BCUT2D eigenvalue weighted by molar-refractivity contribution is 0.510. The van der Waals surface area contributed by atoms with Crippen molar-refractivity contribution in [1.29, 1.82) is 0 Å². The first kappa shape index (κ1) is 13.2. The van der Waals surface area contributed by atoms with Gasteiger partial charge in [-0.05, 0) is 37.5 Å². The Morgan fingerprint density at radius 2 is 2.00 bits per heavy atom. The molecule has 0 amide bonds. The molecule has 1 heterocycles. The van der Waals surface area contributed by atoms with E-state index in [0.29, 0.717) is 0 Å². The average Bonchev–Trinajstić information content (AvgIpc) is 2.82. The van der Waals surface area contributed by atoms with Crippen molar-refractivity contribution in [2.24, 2.45) is 0 Å². The molecule has 0 aliphatic carbocycles. The summed E-state index contributed by atoms with van der Waals surface area (Å²) in [5, 5.41) is -0.0146. The largest absolute Gasteiger partial charge is 0.469 e. The number of halogens is 1. The van der Waals surface area contributed by atoms with E-state index in [1.807, 2.05) is 6.07 Å². The van der Waals surface area contributed by atoms with Gasteiger partial charge in [0, 0.05) is 12.0 Å². The second-order valence-electron chi connectivity index (χ2n) is 4.75. The maximum atomic E-state index is 6.53. The van der Waals surface area contributed by atoms with Crippen molar-refractivity contribution in [2.45, 2.75) is 39.0 Å². The lowest BCUT2D eigenvalue weighted by Crippen LogP contribution is -2.00. The Kier molecular flexibility index (Phi) is 4.13. The Morgan fingerprint density at radius 3 is 2.72 bits per heavy atom. The molecular formula is C16H19ClO. The molecule has 0 saturated heterocycles. The van der Waals surface area contributed by atoms with Crippen LogP contribution in [-0.4, -0.2) is 0 Å². The van der Waals surface area contributed by atoms with Gasteiger partial charge in [0.25, 0.3) is 0 Å². The van der Waals surface area contributed by atoms with Gasteiger partial charge in [-0.15, -0.1) is 11.6 Å². The van der Waals surface area contributed by atoms with Crippen molar-refractivity contribution in [3.63, 3.8) is 0 Å². The average molecular weight is 263 g/mol. The number of hydrogen-bond acceptors (Lipinski definition) is 1. The summed E-state index contributed by atoms with van der Waals surface area (Å²) in [6.45, 7) is 6.33. The summed E-state index contributed by atoms with van der Waals surface area (Å²) in [5.74, 6) is 1.00. The summed E-state index contributed by atoms with van der Waals surface area (Å²) >= 11 is 6.53. The maximum Gasteiger partial charge on any atom is 0.108 e. The fraction of sp³-hybridized carbons (Fsp3) is 0.375. The van der Waals surface area contributed by atoms with Crippen LogP contribution in [0.4, 0.5) is 0 Å². The predicted molar refractivity (Wildman–Crippen MR) is 76.3 cm³/mol. The molecule has 0 spiro atoms. The van der Waals surface area contributed by atoms with Gasteiger partial charge in [-0.1, -0.05) is 30.7 Å². The molecule has 2 aromatic rings. The monoisotopic (exact) mass is 262 g/mol. The Bertz CT molecular complexity index is 528. The third-order valence-corrected chi connectivity index (χ3v) is 3.73. The number of benzene rings is 1. The molecule has 2 rings (SSSR count). The molecule has 96 valence electrons. The summed E-state index contributed by atoms with van der Waals surface area (Å²) in [5.41, 5.74) is 5.02. The number of aryl methyl sites for hydroxylation is 3. The van der Waals surface area contributed by atoms with E-state index in [1.54, 1.807) is 6.26 Å². The fourth-order valence-electron chi connectivity index (χ4n) is 2.24. The zero-order valence-electron chi connectivity index (χ0n) is 11.2. The van der Waals surface area contributed by atoms with Crippen LogP contribution in [0, 0.1) is 13.8 Å².